The van der Waals surface area contributed by atoms with Crippen molar-refractivity contribution in [3.8, 4) is 33.6 Å². The molecule has 0 amide bonds. The molecule has 0 bridgehead atoms. The van der Waals surface area contributed by atoms with Crippen LogP contribution in [-0.4, -0.2) is 9.13 Å². The van der Waals surface area contributed by atoms with E-state index in [4.69, 9.17) is 0 Å². The molecule has 318 valence electrons. The maximum atomic E-state index is 2.43. The molecule has 0 atom stereocenters. The molecule has 0 aliphatic rings. The highest BCUT2D eigenvalue weighted by Gasteiger charge is 2.13. The lowest BCUT2D eigenvalue weighted by Gasteiger charge is -2.15. The highest BCUT2D eigenvalue weighted by Crippen LogP contribution is 2.37. The Morgan fingerprint density at radius 3 is 0.529 bits per heavy atom. The van der Waals surface area contributed by atoms with Crippen molar-refractivity contribution in [1.82, 2.24) is 9.13 Å². The monoisotopic (exact) mass is 864 g/mol. The number of rotatable bonds is 4. The molecule has 0 spiro atoms. The van der Waals surface area contributed by atoms with Gasteiger partial charge in [-0.15, -0.1) is 0 Å². The first-order valence-electron chi connectivity index (χ1n) is 23.4. The zero-order chi connectivity index (χ0) is 45.0. The fraction of sp³-hybridized carbons (Fsp3) is 0. The van der Waals surface area contributed by atoms with E-state index in [1.54, 1.807) is 0 Å². The Balaban J connectivity index is 0.906. The van der Waals surface area contributed by atoms with Gasteiger partial charge in [0.05, 0.1) is 22.1 Å². The average molecular weight is 865 g/mol. The summed E-state index contributed by atoms with van der Waals surface area (Å²) in [5, 5.41) is 14.6. The van der Waals surface area contributed by atoms with Gasteiger partial charge in [-0.25, -0.2) is 0 Å². The summed E-state index contributed by atoms with van der Waals surface area (Å²) >= 11 is 0. The zero-order valence-corrected chi connectivity index (χ0v) is 37.3. The Hall–Kier alpha value is -8.98. The molecule has 0 radical (unpaired) electrons. The van der Waals surface area contributed by atoms with Crippen LogP contribution in [0.25, 0.3) is 120 Å². The van der Waals surface area contributed by atoms with Gasteiger partial charge in [0.2, 0.25) is 0 Å². The fourth-order valence-corrected chi connectivity index (χ4v) is 10.7. The Labute approximate surface area is 394 Å². The van der Waals surface area contributed by atoms with Gasteiger partial charge >= 0.3 is 0 Å². The minimum absolute atomic E-state index is 1.11. The predicted molar refractivity (Wildman–Crippen MR) is 291 cm³/mol. The van der Waals surface area contributed by atoms with E-state index < -0.39 is 0 Å². The first-order chi connectivity index (χ1) is 33.8. The van der Waals surface area contributed by atoms with E-state index in [1.807, 2.05) is 0 Å². The van der Waals surface area contributed by atoms with Crippen LogP contribution in [0.1, 0.15) is 0 Å². The molecule has 0 N–H and O–H groups in total. The summed E-state index contributed by atoms with van der Waals surface area (Å²) in [4.78, 5) is 0. The Morgan fingerprint density at radius 1 is 0.147 bits per heavy atom. The van der Waals surface area contributed by atoms with Crippen molar-refractivity contribution in [2.75, 3.05) is 0 Å². The number of hydrogen-bond donors (Lipinski definition) is 0. The van der Waals surface area contributed by atoms with Crippen LogP contribution in [-0.2, 0) is 0 Å². The third kappa shape index (κ3) is 6.57. The second kappa shape index (κ2) is 16.5. The lowest BCUT2D eigenvalue weighted by Crippen LogP contribution is -1.98. The van der Waals surface area contributed by atoms with E-state index in [9.17, 15) is 0 Å². The zero-order valence-electron chi connectivity index (χ0n) is 37.3. The summed E-state index contributed by atoms with van der Waals surface area (Å²) in [6, 6.07) is 97.7. The molecule has 0 aliphatic carbocycles. The highest BCUT2D eigenvalue weighted by atomic mass is 15.0. The van der Waals surface area contributed by atoms with Gasteiger partial charge in [0.1, 0.15) is 0 Å². The van der Waals surface area contributed by atoms with E-state index in [-0.39, 0.29) is 0 Å². The Kier molecular flexibility index (Phi) is 9.54. The van der Waals surface area contributed by atoms with Crippen LogP contribution < -0.4 is 0 Å². The average Bonchev–Trinajstić information content (AvgIpc) is 3.49. The first kappa shape index (κ1) is 39.4. The van der Waals surface area contributed by atoms with Crippen LogP contribution in [0.3, 0.4) is 0 Å². The van der Waals surface area contributed by atoms with Crippen molar-refractivity contribution in [1.29, 1.82) is 0 Å². The van der Waals surface area contributed by atoms with E-state index >= 15 is 0 Å². The van der Waals surface area contributed by atoms with Crippen LogP contribution in [0.4, 0.5) is 0 Å². The van der Waals surface area contributed by atoms with Crippen LogP contribution in [0.5, 0.6) is 0 Å². The molecule has 68 heavy (non-hydrogen) atoms. The molecule has 0 unspecified atom stereocenters. The lowest BCUT2D eigenvalue weighted by molar-refractivity contribution is 1.17. The Morgan fingerprint density at radius 2 is 0.309 bits per heavy atom. The summed E-state index contributed by atoms with van der Waals surface area (Å²) < 4.78 is 4.87. The molecule has 0 saturated carbocycles. The topological polar surface area (TPSA) is 9.86 Å². The third-order valence-electron chi connectivity index (χ3n) is 13.8. The second-order valence-corrected chi connectivity index (χ2v) is 17.6. The van der Waals surface area contributed by atoms with Gasteiger partial charge in [0.25, 0.3) is 0 Å². The molecule has 2 heteroatoms. The van der Waals surface area contributed by atoms with Gasteiger partial charge in [-0.05, 0) is 114 Å². The van der Waals surface area contributed by atoms with Crippen molar-refractivity contribution in [2.45, 2.75) is 0 Å². The van der Waals surface area contributed by atoms with Crippen molar-refractivity contribution >= 4 is 86.7 Å². The molecule has 0 aliphatic heterocycles. The van der Waals surface area contributed by atoms with E-state index in [1.165, 1.54) is 86.9 Å². The molecule has 2 heterocycles. The molecular weight excluding hydrogens is 821 g/mol. The number of aromatic nitrogens is 2. The van der Waals surface area contributed by atoms with E-state index in [0.29, 0.717) is 0 Å². The minimum Gasteiger partial charge on any atom is -0.309 e. The molecule has 2 nitrogen and oxygen atoms in total. The minimum atomic E-state index is 1.11. The molecule has 13 rings (SSSR count). The molecular formula is C66H44N2. The number of para-hydroxylation sites is 4. The lowest BCUT2D eigenvalue weighted by atomic mass is 10.00. The molecule has 0 saturated heterocycles. The maximum Gasteiger partial charge on any atom is 0.0540 e. The largest absolute Gasteiger partial charge is 0.309 e. The molecule has 2 aromatic heterocycles. The van der Waals surface area contributed by atoms with Gasteiger partial charge in [-0.1, -0.05) is 218 Å². The summed E-state index contributed by atoms with van der Waals surface area (Å²) in [7, 11) is 0. The fourth-order valence-electron chi connectivity index (χ4n) is 10.7. The number of benzene rings is 11. The normalized spacial score (nSPS) is 11.5. The van der Waals surface area contributed by atoms with Gasteiger partial charge < -0.3 is 9.13 Å². The molecule has 0 fully saturated rings. The van der Waals surface area contributed by atoms with Crippen LogP contribution in [0.15, 0.2) is 267 Å². The highest BCUT2D eigenvalue weighted by molar-refractivity contribution is 6.21. The van der Waals surface area contributed by atoms with Gasteiger partial charge in [-0.2, -0.15) is 0 Å². The smallest absolute Gasteiger partial charge is 0.0540 e. The van der Waals surface area contributed by atoms with Crippen molar-refractivity contribution < 1.29 is 0 Å². The van der Waals surface area contributed by atoms with Crippen LogP contribution in [0.2, 0.25) is 0 Å². The van der Waals surface area contributed by atoms with Gasteiger partial charge in [-0.3, -0.25) is 0 Å². The second-order valence-electron chi connectivity index (χ2n) is 17.6. The van der Waals surface area contributed by atoms with E-state index in [0.717, 1.165) is 33.4 Å². The Bertz CT molecular complexity index is 3750. The summed E-state index contributed by atoms with van der Waals surface area (Å²) in [6.45, 7) is 0. The number of fused-ring (bicyclic) bond motifs is 14. The third-order valence-corrected chi connectivity index (χ3v) is 13.8. The number of hydrogen-bond acceptors (Lipinski definition) is 0. The van der Waals surface area contributed by atoms with Crippen molar-refractivity contribution in [2.24, 2.45) is 0 Å². The predicted octanol–water partition coefficient (Wildman–Crippen LogP) is 18.1. The van der Waals surface area contributed by atoms with Crippen molar-refractivity contribution in [3.63, 3.8) is 0 Å². The SMILES string of the molecule is c1ccc2c(c1)c1ccccc1c1ccccc1n(-c1ccc(-c3ccc(-c4ccc(-n5c6ccccc6c6ccccc6c6ccccc6c6ccccc65)cc4)cc3)cc1)c1ccccc21. The van der Waals surface area contributed by atoms with E-state index in [2.05, 4.69) is 276 Å². The van der Waals surface area contributed by atoms with Crippen LogP contribution >= 0.6 is 0 Å². The molecule has 13 aromatic rings. The standard InChI is InChI=1S/C66H44N2/c1-5-21-55-51(17-1)52-18-2-6-22-56(52)60-26-10-14-30-64(60)67(63-29-13-9-25-59(55)63)49-41-37-47(38-42-49)45-33-35-46(36-34-45)48-39-43-50(44-40-48)68-65-31-15-11-27-61(65)57-23-7-3-19-53(57)54-20-4-8-24-58(54)62-28-12-16-32-66(62)68/h1-44H. The summed E-state index contributed by atoms with van der Waals surface area (Å²) in [5.74, 6) is 0. The summed E-state index contributed by atoms with van der Waals surface area (Å²) in [5.41, 5.74) is 11.5. The maximum absolute atomic E-state index is 2.43. The molecule has 11 aromatic carbocycles. The first-order valence-corrected chi connectivity index (χ1v) is 23.4. The van der Waals surface area contributed by atoms with Crippen molar-refractivity contribution in [3.05, 3.63) is 267 Å². The van der Waals surface area contributed by atoms with Crippen LogP contribution in [0, 0.1) is 0 Å². The quantitative estimate of drug-likeness (QED) is 0.167. The van der Waals surface area contributed by atoms with Gasteiger partial charge in [0.15, 0.2) is 0 Å². The summed E-state index contributed by atoms with van der Waals surface area (Å²) in [6.07, 6.45) is 0. The van der Waals surface area contributed by atoms with Gasteiger partial charge in [0, 0.05) is 32.9 Å². The number of nitrogens with zero attached hydrogens (tertiary/aromatic N) is 2.